The molecular weight excluding hydrogens is 464 g/mol. The van der Waals surface area contributed by atoms with Gasteiger partial charge in [-0.25, -0.2) is 9.79 Å². The van der Waals surface area contributed by atoms with Gasteiger partial charge in [0.05, 0.1) is 35.6 Å². The number of rotatable bonds is 8. The van der Waals surface area contributed by atoms with E-state index in [0.717, 1.165) is 5.56 Å². The average molecular weight is 493 g/mol. The van der Waals surface area contributed by atoms with Crippen LogP contribution in [0.25, 0.3) is 6.08 Å². The number of thiazole rings is 1. The predicted octanol–water partition coefficient (Wildman–Crippen LogP) is 3.60. The molecule has 0 aliphatic carbocycles. The van der Waals surface area contributed by atoms with Gasteiger partial charge < -0.3 is 14.2 Å². The molecule has 0 amide bonds. The monoisotopic (exact) mass is 492 g/mol. The van der Waals surface area contributed by atoms with Crippen LogP contribution in [-0.4, -0.2) is 30.4 Å². The molecule has 0 bridgehead atoms. The van der Waals surface area contributed by atoms with E-state index in [1.165, 1.54) is 11.3 Å². The molecule has 0 spiro atoms. The Kier molecular flexibility index (Phi) is 7.51. The summed E-state index contributed by atoms with van der Waals surface area (Å²) in [4.78, 5) is 32.0. The van der Waals surface area contributed by atoms with E-state index in [1.807, 2.05) is 68.5 Å². The molecule has 35 heavy (non-hydrogen) atoms. The summed E-state index contributed by atoms with van der Waals surface area (Å²) < 4.78 is 19.0. The largest absolute Gasteiger partial charge is 0.494 e. The summed E-state index contributed by atoms with van der Waals surface area (Å²) in [6.07, 6.45) is 1.81. The van der Waals surface area contributed by atoms with Crippen LogP contribution in [0.4, 0.5) is 0 Å². The molecule has 1 atom stereocenters. The number of carbonyl (C=O) groups is 1. The van der Waals surface area contributed by atoms with Crippen molar-refractivity contribution in [3.63, 3.8) is 0 Å². The van der Waals surface area contributed by atoms with Crippen molar-refractivity contribution >= 4 is 23.4 Å². The van der Waals surface area contributed by atoms with Gasteiger partial charge in [-0.05, 0) is 45.9 Å². The number of ether oxygens (including phenoxy) is 3. The molecule has 2 heterocycles. The lowest BCUT2D eigenvalue weighted by Crippen LogP contribution is -2.40. The van der Waals surface area contributed by atoms with Gasteiger partial charge in [-0.1, -0.05) is 47.7 Å². The molecule has 0 fully saturated rings. The number of para-hydroxylation sites is 2. The molecule has 4 rings (SSSR count). The summed E-state index contributed by atoms with van der Waals surface area (Å²) in [5, 5.41) is 0. The Morgan fingerprint density at radius 3 is 2.37 bits per heavy atom. The summed E-state index contributed by atoms with van der Waals surface area (Å²) in [5.41, 5.74) is 2.10. The fourth-order valence-corrected chi connectivity index (χ4v) is 5.14. The summed E-state index contributed by atoms with van der Waals surface area (Å²) >= 11 is 1.28. The number of esters is 1. The van der Waals surface area contributed by atoms with Crippen LogP contribution in [0.1, 0.15) is 44.9 Å². The van der Waals surface area contributed by atoms with Crippen molar-refractivity contribution in [2.24, 2.45) is 4.99 Å². The van der Waals surface area contributed by atoms with E-state index in [1.54, 1.807) is 18.4 Å². The highest BCUT2D eigenvalue weighted by molar-refractivity contribution is 7.07. The van der Waals surface area contributed by atoms with Crippen molar-refractivity contribution in [2.75, 3.05) is 19.8 Å². The second-order valence-electron chi connectivity index (χ2n) is 7.74. The summed E-state index contributed by atoms with van der Waals surface area (Å²) in [5.74, 6) is 0.802. The molecular formula is C27H28N2O5S. The molecule has 8 heteroatoms. The molecule has 182 valence electrons. The van der Waals surface area contributed by atoms with E-state index >= 15 is 0 Å². The Hall–Kier alpha value is -3.65. The third-order valence-electron chi connectivity index (χ3n) is 5.54. The lowest BCUT2D eigenvalue weighted by molar-refractivity contribution is -0.139. The van der Waals surface area contributed by atoms with Crippen LogP contribution in [0.15, 0.2) is 69.6 Å². The molecule has 1 aromatic heterocycles. The molecule has 7 nitrogen and oxygen atoms in total. The zero-order valence-electron chi connectivity index (χ0n) is 20.2. The lowest BCUT2D eigenvalue weighted by Gasteiger charge is -2.26. The molecule has 2 aromatic carbocycles. The quantitative estimate of drug-likeness (QED) is 0.449. The normalized spacial score (nSPS) is 15.4. The van der Waals surface area contributed by atoms with Gasteiger partial charge in [-0.2, -0.15) is 0 Å². The van der Waals surface area contributed by atoms with Gasteiger partial charge in [-0.3, -0.25) is 9.36 Å². The number of carbonyl (C=O) groups excluding carboxylic acids is 1. The minimum Gasteiger partial charge on any atom is -0.494 e. The average Bonchev–Trinajstić information content (AvgIpc) is 3.15. The van der Waals surface area contributed by atoms with Gasteiger partial charge in [0.2, 0.25) is 0 Å². The maximum absolute atomic E-state index is 13.8. The lowest BCUT2D eigenvalue weighted by atomic mass is 9.95. The molecule has 3 aromatic rings. The van der Waals surface area contributed by atoms with E-state index in [-0.39, 0.29) is 12.2 Å². The molecule has 1 aliphatic heterocycles. The summed E-state index contributed by atoms with van der Waals surface area (Å²) in [6, 6.07) is 14.3. The molecule has 1 unspecified atom stereocenters. The minimum absolute atomic E-state index is 0.216. The van der Waals surface area contributed by atoms with Gasteiger partial charge in [0.1, 0.15) is 17.5 Å². The fourth-order valence-electron chi connectivity index (χ4n) is 4.11. The third-order valence-corrected chi connectivity index (χ3v) is 6.52. The minimum atomic E-state index is -0.725. The first-order valence-electron chi connectivity index (χ1n) is 11.6. The Morgan fingerprint density at radius 1 is 1.00 bits per heavy atom. The summed E-state index contributed by atoms with van der Waals surface area (Å²) in [7, 11) is 0. The molecule has 0 N–H and O–H groups in total. The third kappa shape index (κ3) is 4.79. The molecule has 0 saturated heterocycles. The van der Waals surface area contributed by atoms with Gasteiger partial charge in [0.25, 0.3) is 5.56 Å². The van der Waals surface area contributed by atoms with Crippen LogP contribution in [0.3, 0.4) is 0 Å². The topological polar surface area (TPSA) is 79.1 Å². The van der Waals surface area contributed by atoms with Crippen LogP contribution in [-0.2, 0) is 9.53 Å². The van der Waals surface area contributed by atoms with E-state index in [4.69, 9.17) is 14.2 Å². The number of aromatic nitrogens is 1. The Morgan fingerprint density at radius 2 is 1.66 bits per heavy atom. The van der Waals surface area contributed by atoms with E-state index < -0.39 is 12.0 Å². The van der Waals surface area contributed by atoms with Gasteiger partial charge in [-0.15, -0.1) is 0 Å². The number of nitrogens with zero attached hydrogens (tertiary/aromatic N) is 2. The molecule has 0 radical (unpaired) electrons. The highest BCUT2D eigenvalue weighted by Gasteiger charge is 2.35. The number of hydrogen-bond donors (Lipinski definition) is 0. The maximum Gasteiger partial charge on any atom is 0.338 e. The van der Waals surface area contributed by atoms with Crippen LogP contribution >= 0.6 is 11.3 Å². The molecule has 0 saturated carbocycles. The Balaban J connectivity index is 1.98. The van der Waals surface area contributed by atoms with Crippen molar-refractivity contribution in [1.82, 2.24) is 4.57 Å². The standard InChI is InChI=1S/C27H28N2O5S/c1-5-32-20-14-10-8-12-18(20)16-22-25(30)29-24(19-13-9-11-15-21(19)33-6-2)23(26(31)34-7-3)17(4)28-27(29)35-22/h8-16,24H,5-7H2,1-4H3. The first-order valence-corrected chi connectivity index (χ1v) is 12.4. The van der Waals surface area contributed by atoms with Gasteiger partial charge in [0, 0.05) is 11.1 Å². The van der Waals surface area contributed by atoms with Crippen LogP contribution < -0.4 is 24.4 Å². The van der Waals surface area contributed by atoms with Crippen LogP contribution in [0.5, 0.6) is 11.5 Å². The van der Waals surface area contributed by atoms with E-state index in [0.29, 0.717) is 50.9 Å². The zero-order chi connectivity index (χ0) is 24.9. The van der Waals surface area contributed by atoms with Crippen LogP contribution in [0, 0.1) is 0 Å². The van der Waals surface area contributed by atoms with Crippen LogP contribution in [0.2, 0.25) is 0 Å². The van der Waals surface area contributed by atoms with Crippen molar-refractivity contribution < 1.29 is 19.0 Å². The highest BCUT2D eigenvalue weighted by Crippen LogP contribution is 2.35. The summed E-state index contributed by atoms with van der Waals surface area (Å²) in [6.45, 7) is 8.51. The zero-order valence-corrected chi connectivity index (χ0v) is 21.1. The highest BCUT2D eigenvalue weighted by atomic mass is 32.1. The first-order chi connectivity index (χ1) is 17.0. The van der Waals surface area contributed by atoms with Gasteiger partial charge >= 0.3 is 5.97 Å². The number of fused-ring (bicyclic) bond motifs is 1. The van der Waals surface area contributed by atoms with E-state index in [9.17, 15) is 9.59 Å². The number of benzene rings is 2. The Bertz CT molecular complexity index is 1450. The molecule has 1 aliphatic rings. The second-order valence-corrected chi connectivity index (χ2v) is 8.75. The second kappa shape index (κ2) is 10.7. The van der Waals surface area contributed by atoms with Crippen molar-refractivity contribution in [3.8, 4) is 11.5 Å². The van der Waals surface area contributed by atoms with E-state index in [2.05, 4.69) is 4.99 Å². The van der Waals surface area contributed by atoms with Crippen molar-refractivity contribution in [1.29, 1.82) is 0 Å². The fraction of sp³-hybridized carbons (Fsp3) is 0.296. The van der Waals surface area contributed by atoms with Gasteiger partial charge in [0.15, 0.2) is 4.80 Å². The van der Waals surface area contributed by atoms with Crippen molar-refractivity contribution in [3.05, 3.63) is 90.6 Å². The smallest absolute Gasteiger partial charge is 0.338 e. The predicted molar refractivity (Wildman–Crippen MR) is 136 cm³/mol. The maximum atomic E-state index is 13.8. The first kappa shape index (κ1) is 24.5. The number of hydrogen-bond acceptors (Lipinski definition) is 7. The van der Waals surface area contributed by atoms with Crippen molar-refractivity contribution in [2.45, 2.75) is 33.7 Å². The Labute approximate surface area is 207 Å². The SMILES string of the molecule is CCOC(=O)C1=C(C)N=c2sc(=Cc3ccccc3OCC)c(=O)n2C1c1ccccc1OCC. The number of allylic oxidation sites excluding steroid dienone is 1.